The third-order valence-corrected chi connectivity index (χ3v) is 9.87. The summed E-state index contributed by atoms with van der Waals surface area (Å²) in [6.45, 7) is 14.0. The minimum Gasteiger partial charge on any atom is -0.394 e. The van der Waals surface area contributed by atoms with Crippen molar-refractivity contribution in [1.29, 1.82) is 0 Å². The minimum atomic E-state index is -1.18. The van der Waals surface area contributed by atoms with Crippen molar-refractivity contribution in [2.24, 2.45) is 17.8 Å². The first-order chi connectivity index (χ1) is 20.6. The van der Waals surface area contributed by atoms with Crippen LogP contribution in [0.3, 0.4) is 0 Å². The van der Waals surface area contributed by atoms with E-state index in [0.29, 0.717) is 37.9 Å². The smallest absolute Gasteiger partial charge is 0.253 e. The Kier molecular flexibility index (Phi) is 8.56. The van der Waals surface area contributed by atoms with Crippen molar-refractivity contribution in [2.45, 2.75) is 69.7 Å². The summed E-state index contributed by atoms with van der Waals surface area (Å²) in [6.07, 6.45) is 5.47. The first-order valence-electron chi connectivity index (χ1n) is 15.5. The lowest BCUT2D eigenvalue weighted by Gasteiger charge is -2.40. The molecule has 3 aliphatic heterocycles. The van der Waals surface area contributed by atoms with Crippen molar-refractivity contribution in [2.75, 3.05) is 31.6 Å². The first kappa shape index (κ1) is 31.0. The van der Waals surface area contributed by atoms with Crippen molar-refractivity contribution >= 4 is 34.2 Å². The van der Waals surface area contributed by atoms with Crippen molar-refractivity contribution in [3.8, 4) is 0 Å². The van der Waals surface area contributed by atoms with E-state index in [2.05, 4.69) is 13.2 Å². The van der Waals surface area contributed by atoms with Crippen LogP contribution in [0.1, 0.15) is 46.5 Å². The predicted molar refractivity (Wildman–Crippen MR) is 168 cm³/mol. The number of hydrogen-bond donors (Lipinski definition) is 1. The van der Waals surface area contributed by atoms with Crippen molar-refractivity contribution in [3.63, 3.8) is 0 Å². The van der Waals surface area contributed by atoms with Gasteiger partial charge in [0.1, 0.15) is 11.6 Å². The Hall–Kier alpha value is -3.49. The van der Waals surface area contributed by atoms with Gasteiger partial charge in [0.15, 0.2) is 0 Å². The van der Waals surface area contributed by atoms with E-state index < -0.39 is 35.1 Å². The molecule has 2 unspecified atom stereocenters. The average Bonchev–Trinajstić information content (AvgIpc) is 3.61. The number of amides is 3. The molecule has 2 bridgehead atoms. The molecule has 2 aromatic rings. The monoisotopic (exact) mass is 587 g/mol. The molecule has 8 heteroatoms. The zero-order valence-corrected chi connectivity index (χ0v) is 25.9. The Bertz CT molecular complexity index is 1420. The van der Waals surface area contributed by atoms with Crippen LogP contribution < -0.4 is 4.90 Å². The quantitative estimate of drug-likeness (QED) is 0.368. The largest absolute Gasteiger partial charge is 0.394 e. The topological polar surface area (TPSA) is 90.4 Å². The third-order valence-electron chi connectivity index (χ3n) is 9.87. The highest BCUT2D eigenvalue weighted by Crippen LogP contribution is 2.65. The fourth-order valence-corrected chi connectivity index (χ4v) is 7.99. The number of fused-ring (bicyclic) bond motifs is 2. The van der Waals surface area contributed by atoms with Crippen LogP contribution in [0.2, 0.25) is 0 Å². The molecule has 8 nitrogen and oxygen atoms in total. The fraction of sp³-hybridized carbons (Fsp3) is 0.514. The minimum absolute atomic E-state index is 0.166. The van der Waals surface area contributed by atoms with Crippen molar-refractivity contribution in [3.05, 3.63) is 67.8 Å². The Balaban J connectivity index is 1.65. The maximum absolute atomic E-state index is 15.0. The van der Waals surface area contributed by atoms with Gasteiger partial charge >= 0.3 is 0 Å². The zero-order valence-electron chi connectivity index (χ0n) is 25.9. The molecule has 6 atom stereocenters. The number of carbonyl (C=O) groups excluding carboxylic acids is 3. The van der Waals surface area contributed by atoms with E-state index in [9.17, 15) is 19.5 Å². The van der Waals surface area contributed by atoms with Crippen LogP contribution in [0.25, 0.3) is 10.8 Å². The molecule has 43 heavy (non-hydrogen) atoms. The number of hydrogen-bond acceptors (Lipinski definition) is 5. The number of likely N-dealkylation sites (N-methyl/N-ethyl adjacent to an activating group) is 1. The molecule has 3 saturated heterocycles. The SMILES string of the molecule is C=CCN(C)C(=O)[C@@H]1[C@H]2C(=O)N([C@@H](CO)CC(C)C)C(C(=O)N(CC=C)c3ccc4ccccc4c3)C23CC[C@@]1(CC)O3. The van der Waals surface area contributed by atoms with E-state index in [0.717, 1.165) is 10.8 Å². The molecule has 1 N–H and O–H groups in total. The number of rotatable bonds is 12. The maximum Gasteiger partial charge on any atom is 0.253 e. The van der Waals surface area contributed by atoms with Crippen LogP contribution in [-0.4, -0.2) is 82.7 Å². The highest BCUT2D eigenvalue weighted by molar-refractivity contribution is 6.06. The fourth-order valence-electron chi connectivity index (χ4n) is 7.99. The van der Waals surface area contributed by atoms with Gasteiger partial charge in [0.05, 0.1) is 30.1 Å². The van der Waals surface area contributed by atoms with Crippen molar-refractivity contribution in [1.82, 2.24) is 9.80 Å². The Morgan fingerprint density at radius 3 is 2.42 bits per heavy atom. The number of ether oxygens (including phenoxy) is 1. The number of anilines is 1. The molecular weight excluding hydrogens is 542 g/mol. The van der Waals surface area contributed by atoms with Gasteiger partial charge in [-0.05, 0) is 54.5 Å². The number of likely N-dealkylation sites (tertiary alicyclic amines) is 1. The number of aliphatic hydroxyl groups excluding tert-OH is 1. The number of benzene rings is 2. The molecule has 0 aromatic heterocycles. The Morgan fingerprint density at radius 1 is 1.09 bits per heavy atom. The van der Waals surface area contributed by atoms with Crippen LogP contribution >= 0.6 is 0 Å². The van der Waals surface area contributed by atoms with Gasteiger partial charge < -0.3 is 24.5 Å². The molecular formula is C35H45N3O5. The summed E-state index contributed by atoms with van der Waals surface area (Å²) in [5.74, 6) is -2.12. The van der Waals surface area contributed by atoms with Gasteiger partial charge in [0.2, 0.25) is 11.8 Å². The first-order valence-corrected chi connectivity index (χ1v) is 15.5. The molecule has 0 aliphatic carbocycles. The summed E-state index contributed by atoms with van der Waals surface area (Å²) >= 11 is 0. The average molecular weight is 588 g/mol. The number of carbonyl (C=O) groups is 3. The van der Waals surface area contributed by atoms with Crippen molar-refractivity contribution < 1.29 is 24.2 Å². The highest BCUT2D eigenvalue weighted by Gasteiger charge is 2.79. The van der Waals surface area contributed by atoms with Gasteiger partial charge in [-0.2, -0.15) is 0 Å². The molecule has 1 spiro atoms. The molecule has 230 valence electrons. The highest BCUT2D eigenvalue weighted by atomic mass is 16.5. The second kappa shape index (κ2) is 11.9. The van der Waals surface area contributed by atoms with Gasteiger partial charge in [-0.1, -0.05) is 63.3 Å². The molecule has 0 radical (unpaired) electrons. The van der Waals surface area contributed by atoms with E-state index in [1.165, 1.54) is 0 Å². The molecule has 3 heterocycles. The van der Waals surface area contributed by atoms with E-state index >= 15 is 0 Å². The van der Waals surface area contributed by atoms with E-state index in [1.807, 2.05) is 63.2 Å². The maximum atomic E-state index is 15.0. The normalized spacial score (nSPS) is 28.3. The molecule has 3 aliphatic rings. The summed E-state index contributed by atoms with van der Waals surface area (Å²) in [7, 11) is 1.71. The molecule has 3 fully saturated rings. The zero-order chi connectivity index (χ0) is 31.1. The second-order valence-corrected chi connectivity index (χ2v) is 12.8. The third kappa shape index (κ3) is 4.89. The summed E-state index contributed by atoms with van der Waals surface area (Å²) in [5, 5.41) is 12.7. The van der Waals surface area contributed by atoms with Gasteiger partial charge in [0, 0.05) is 25.8 Å². The lowest BCUT2D eigenvalue weighted by Crippen LogP contribution is -2.59. The van der Waals surface area contributed by atoms with Gasteiger partial charge in [-0.3, -0.25) is 14.4 Å². The van der Waals surface area contributed by atoms with E-state index in [-0.39, 0.29) is 36.8 Å². The Morgan fingerprint density at radius 2 is 1.79 bits per heavy atom. The standard InChI is InChI=1S/C35H45N3O5/c1-7-18-36(6)31(40)28-29-32(41)38(27(22-39)20-23(4)5)30(35(29)17-16-34(28,9-3)43-35)33(42)37(19-8-2)26-15-14-24-12-10-11-13-25(24)21-26/h7-8,10-15,21,23,27-30,39H,1-2,9,16-20,22H2,3-6H3/t27-,28+,29+,30?,34-,35?/m1/s1. The van der Waals surface area contributed by atoms with Crippen LogP contribution in [-0.2, 0) is 19.1 Å². The van der Waals surface area contributed by atoms with Crippen LogP contribution in [0.15, 0.2) is 67.8 Å². The molecule has 5 rings (SSSR count). The summed E-state index contributed by atoms with van der Waals surface area (Å²) < 4.78 is 6.96. The molecule has 0 saturated carbocycles. The summed E-state index contributed by atoms with van der Waals surface area (Å²) in [4.78, 5) is 48.5. The Labute approximate surface area is 255 Å². The van der Waals surface area contributed by atoms with Crippen LogP contribution in [0.4, 0.5) is 5.69 Å². The molecule has 3 amide bonds. The second-order valence-electron chi connectivity index (χ2n) is 12.8. The summed E-state index contributed by atoms with van der Waals surface area (Å²) in [6, 6.07) is 12.2. The summed E-state index contributed by atoms with van der Waals surface area (Å²) in [5.41, 5.74) is -1.33. The van der Waals surface area contributed by atoms with Crippen LogP contribution in [0, 0.1) is 17.8 Å². The van der Waals surface area contributed by atoms with E-state index in [4.69, 9.17) is 4.74 Å². The number of aliphatic hydroxyl groups is 1. The molecule has 2 aromatic carbocycles. The van der Waals surface area contributed by atoms with Crippen LogP contribution in [0.5, 0.6) is 0 Å². The lowest BCUT2D eigenvalue weighted by molar-refractivity contribution is -0.153. The van der Waals surface area contributed by atoms with Gasteiger partial charge in [-0.15, -0.1) is 13.2 Å². The van der Waals surface area contributed by atoms with Gasteiger partial charge in [0.25, 0.3) is 5.91 Å². The van der Waals surface area contributed by atoms with Gasteiger partial charge in [-0.25, -0.2) is 0 Å². The lowest BCUT2D eigenvalue weighted by atomic mass is 9.64. The predicted octanol–water partition coefficient (Wildman–Crippen LogP) is 4.57. The number of nitrogens with zero attached hydrogens (tertiary/aromatic N) is 3. The van der Waals surface area contributed by atoms with E-state index in [1.54, 1.807) is 33.9 Å².